The monoisotopic (exact) mass is 342 g/mol. The molecule has 1 aliphatic rings. The van der Waals surface area contributed by atoms with Gasteiger partial charge in [0, 0.05) is 31.6 Å². The standard InChI is InChI=1S/C15H22N2O7/c1-11(2)15(21)16-6-3-7-22-8-9-23-10-14(20)24-17-12(18)4-5-13(17)19/h1,3-10H2,2H3,(H,16,21). The number of nitrogens with zero attached hydrogens (tertiary/aromatic N) is 1. The molecule has 134 valence electrons. The van der Waals surface area contributed by atoms with E-state index in [0.29, 0.717) is 30.2 Å². The van der Waals surface area contributed by atoms with Crippen LogP contribution in [0.3, 0.4) is 0 Å². The molecule has 1 N–H and O–H groups in total. The first-order valence-corrected chi connectivity index (χ1v) is 7.57. The molecule has 9 nitrogen and oxygen atoms in total. The SMILES string of the molecule is C=C(C)C(=O)NCCCOCCOCC(=O)ON1C(=O)CCC1=O. The van der Waals surface area contributed by atoms with Gasteiger partial charge in [-0.15, -0.1) is 5.06 Å². The van der Waals surface area contributed by atoms with Crippen LogP contribution < -0.4 is 5.32 Å². The number of amides is 3. The third-order valence-electron chi connectivity index (χ3n) is 2.93. The number of ether oxygens (including phenoxy) is 2. The normalized spacial score (nSPS) is 14.0. The summed E-state index contributed by atoms with van der Waals surface area (Å²) in [6.45, 7) is 6.11. The minimum atomic E-state index is -0.818. The highest BCUT2D eigenvalue weighted by Crippen LogP contribution is 2.11. The molecule has 1 rings (SSSR count). The highest BCUT2D eigenvalue weighted by Gasteiger charge is 2.32. The van der Waals surface area contributed by atoms with E-state index in [1.54, 1.807) is 6.92 Å². The number of imide groups is 1. The van der Waals surface area contributed by atoms with E-state index >= 15 is 0 Å². The van der Waals surface area contributed by atoms with Crippen LogP contribution in [0.1, 0.15) is 26.2 Å². The van der Waals surface area contributed by atoms with Crippen molar-refractivity contribution in [3.63, 3.8) is 0 Å². The number of rotatable bonds is 11. The summed E-state index contributed by atoms with van der Waals surface area (Å²) < 4.78 is 10.3. The first kappa shape index (κ1) is 19.8. The smallest absolute Gasteiger partial charge is 0.358 e. The van der Waals surface area contributed by atoms with E-state index in [1.807, 2.05) is 0 Å². The average Bonchev–Trinajstić information content (AvgIpc) is 2.84. The minimum Gasteiger partial charge on any atom is -0.379 e. The number of nitrogens with one attached hydrogen (secondary N) is 1. The largest absolute Gasteiger partial charge is 0.379 e. The minimum absolute atomic E-state index is 0.0492. The Morgan fingerprint density at radius 3 is 2.38 bits per heavy atom. The first-order valence-electron chi connectivity index (χ1n) is 7.57. The lowest BCUT2D eigenvalue weighted by Gasteiger charge is -2.12. The second-order valence-corrected chi connectivity index (χ2v) is 5.10. The summed E-state index contributed by atoms with van der Waals surface area (Å²) in [5.74, 6) is -2.07. The molecule has 0 spiro atoms. The number of hydrogen-bond donors (Lipinski definition) is 1. The van der Waals surface area contributed by atoms with Crippen molar-refractivity contribution < 1.29 is 33.5 Å². The van der Waals surface area contributed by atoms with Crippen LogP contribution in [-0.2, 0) is 33.5 Å². The molecule has 24 heavy (non-hydrogen) atoms. The van der Waals surface area contributed by atoms with Crippen LogP contribution in [0.5, 0.6) is 0 Å². The molecule has 1 aliphatic heterocycles. The molecular weight excluding hydrogens is 320 g/mol. The lowest BCUT2D eigenvalue weighted by atomic mass is 10.3. The molecule has 1 heterocycles. The van der Waals surface area contributed by atoms with E-state index < -0.39 is 17.8 Å². The zero-order valence-electron chi connectivity index (χ0n) is 13.7. The first-order chi connectivity index (χ1) is 11.4. The van der Waals surface area contributed by atoms with Gasteiger partial charge in [-0.1, -0.05) is 6.58 Å². The number of hydroxylamine groups is 2. The maximum absolute atomic E-state index is 11.4. The van der Waals surface area contributed by atoms with E-state index in [1.165, 1.54) is 0 Å². The van der Waals surface area contributed by atoms with Crippen LogP contribution in [-0.4, -0.2) is 61.7 Å². The van der Waals surface area contributed by atoms with Crippen LogP contribution in [0.2, 0.25) is 0 Å². The van der Waals surface area contributed by atoms with Gasteiger partial charge in [-0.2, -0.15) is 0 Å². The third kappa shape index (κ3) is 7.34. The van der Waals surface area contributed by atoms with Gasteiger partial charge in [0.15, 0.2) is 0 Å². The maximum Gasteiger partial charge on any atom is 0.358 e. The van der Waals surface area contributed by atoms with Crippen molar-refractivity contribution in [2.45, 2.75) is 26.2 Å². The second kappa shape index (κ2) is 10.5. The van der Waals surface area contributed by atoms with Gasteiger partial charge in [-0.25, -0.2) is 4.79 Å². The Morgan fingerprint density at radius 1 is 1.12 bits per heavy atom. The van der Waals surface area contributed by atoms with E-state index in [4.69, 9.17) is 9.47 Å². The average molecular weight is 342 g/mol. The van der Waals surface area contributed by atoms with Crippen LogP contribution in [0, 0.1) is 0 Å². The third-order valence-corrected chi connectivity index (χ3v) is 2.93. The molecule has 0 atom stereocenters. The molecule has 1 saturated heterocycles. The van der Waals surface area contributed by atoms with Gasteiger partial charge in [0.1, 0.15) is 6.61 Å². The number of carbonyl (C=O) groups is 4. The molecule has 0 aromatic carbocycles. The summed E-state index contributed by atoms with van der Waals surface area (Å²) >= 11 is 0. The molecule has 0 bridgehead atoms. The number of carbonyl (C=O) groups excluding carboxylic acids is 4. The highest BCUT2D eigenvalue weighted by molar-refractivity contribution is 6.01. The summed E-state index contributed by atoms with van der Waals surface area (Å²) in [6.07, 6.45) is 0.738. The summed E-state index contributed by atoms with van der Waals surface area (Å²) in [5.41, 5.74) is 0.452. The fourth-order valence-electron chi connectivity index (χ4n) is 1.69. The second-order valence-electron chi connectivity index (χ2n) is 5.10. The molecule has 9 heteroatoms. The molecule has 1 fully saturated rings. The summed E-state index contributed by atoms with van der Waals surface area (Å²) in [5, 5.41) is 3.14. The molecule has 0 radical (unpaired) electrons. The summed E-state index contributed by atoms with van der Waals surface area (Å²) in [6, 6.07) is 0. The fourth-order valence-corrected chi connectivity index (χ4v) is 1.69. The van der Waals surface area contributed by atoms with E-state index in [-0.39, 0.29) is 38.6 Å². The van der Waals surface area contributed by atoms with Gasteiger partial charge in [0.05, 0.1) is 13.2 Å². The van der Waals surface area contributed by atoms with Gasteiger partial charge < -0.3 is 19.6 Å². The van der Waals surface area contributed by atoms with E-state index in [0.717, 1.165) is 0 Å². The van der Waals surface area contributed by atoms with Gasteiger partial charge in [0.2, 0.25) is 5.91 Å². The number of hydrogen-bond acceptors (Lipinski definition) is 7. The lowest BCUT2D eigenvalue weighted by Crippen LogP contribution is -2.33. The van der Waals surface area contributed by atoms with Crippen molar-refractivity contribution in [1.82, 2.24) is 10.4 Å². The molecule has 0 saturated carbocycles. The van der Waals surface area contributed by atoms with Crippen molar-refractivity contribution in [2.24, 2.45) is 0 Å². The maximum atomic E-state index is 11.4. The molecule has 0 aliphatic carbocycles. The predicted molar refractivity (Wildman–Crippen MR) is 81.3 cm³/mol. The van der Waals surface area contributed by atoms with Gasteiger partial charge in [0.25, 0.3) is 11.8 Å². The van der Waals surface area contributed by atoms with Crippen LogP contribution in [0.15, 0.2) is 12.2 Å². The van der Waals surface area contributed by atoms with Gasteiger partial charge in [-0.05, 0) is 13.3 Å². The highest BCUT2D eigenvalue weighted by atomic mass is 16.7. The van der Waals surface area contributed by atoms with Crippen molar-refractivity contribution in [1.29, 1.82) is 0 Å². The van der Waals surface area contributed by atoms with Crippen molar-refractivity contribution in [3.05, 3.63) is 12.2 Å². The molecular formula is C15H22N2O7. The Balaban J connectivity index is 1.95. The quantitative estimate of drug-likeness (QED) is 0.312. The predicted octanol–water partition coefficient (Wildman–Crippen LogP) is -0.291. The van der Waals surface area contributed by atoms with Crippen LogP contribution in [0.25, 0.3) is 0 Å². The fraction of sp³-hybridized carbons (Fsp3) is 0.600. The molecule has 3 amide bonds. The molecule has 0 aromatic heterocycles. The topological polar surface area (TPSA) is 111 Å². The summed E-state index contributed by atoms with van der Waals surface area (Å²) in [4.78, 5) is 49.7. The Labute approximate surface area is 139 Å². The Bertz CT molecular complexity index is 488. The Morgan fingerprint density at radius 2 is 1.75 bits per heavy atom. The van der Waals surface area contributed by atoms with E-state index in [2.05, 4.69) is 16.7 Å². The lowest BCUT2D eigenvalue weighted by molar-refractivity contribution is -0.200. The zero-order chi connectivity index (χ0) is 17.9. The summed E-state index contributed by atoms with van der Waals surface area (Å²) in [7, 11) is 0. The van der Waals surface area contributed by atoms with Gasteiger partial charge >= 0.3 is 5.97 Å². The van der Waals surface area contributed by atoms with Crippen LogP contribution >= 0.6 is 0 Å². The molecule has 0 unspecified atom stereocenters. The van der Waals surface area contributed by atoms with Crippen LogP contribution in [0.4, 0.5) is 0 Å². The van der Waals surface area contributed by atoms with Crippen molar-refractivity contribution in [2.75, 3.05) is 33.0 Å². The Kier molecular flexibility index (Phi) is 8.66. The van der Waals surface area contributed by atoms with E-state index in [9.17, 15) is 19.2 Å². The van der Waals surface area contributed by atoms with Gasteiger partial charge in [-0.3, -0.25) is 14.4 Å². The molecule has 0 aromatic rings. The van der Waals surface area contributed by atoms with Crippen molar-refractivity contribution >= 4 is 23.7 Å². The van der Waals surface area contributed by atoms with Crippen molar-refractivity contribution in [3.8, 4) is 0 Å². The Hall–Kier alpha value is -2.26. The zero-order valence-corrected chi connectivity index (χ0v) is 13.7.